The maximum absolute atomic E-state index is 11.7. The Bertz CT molecular complexity index is 580. The number of hydrogen-bond donors (Lipinski definition) is 2. The van der Waals surface area contributed by atoms with Crippen LogP contribution in [-0.2, 0) is 11.3 Å². The minimum atomic E-state index is 0.0188. The van der Waals surface area contributed by atoms with Gasteiger partial charge in [-0.3, -0.25) is 4.79 Å². The molecule has 0 saturated carbocycles. The minimum absolute atomic E-state index is 0.0188. The summed E-state index contributed by atoms with van der Waals surface area (Å²) < 4.78 is 5.63. The van der Waals surface area contributed by atoms with Gasteiger partial charge in [-0.05, 0) is 26.0 Å². The number of carbonyl (C=O) groups excluding carboxylic acids is 1. The second kappa shape index (κ2) is 6.99. The van der Waals surface area contributed by atoms with Crippen molar-refractivity contribution in [3.63, 3.8) is 0 Å². The fraction of sp³-hybridized carbons (Fsp3) is 0.400. The maximum atomic E-state index is 11.7. The summed E-state index contributed by atoms with van der Waals surface area (Å²) >= 11 is 0. The van der Waals surface area contributed by atoms with Crippen LogP contribution in [0.25, 0.3) is 11.5 Å². The van der Waals surface area contributed by atoms with Gasteiger partial charge in [-0.1, -0.05) is 18.2 Å². The Morgan fingerprint density at radius 1 is 1.29 bits per heavy atom. The highest BCUT2D eigenvalue weighted by atomic mass is 16.4. The third kappa shape index (κ3) is 4.68. The molecule has 21 heavy (non-hydrogen) atoms. The number of benzene rings is 1. The molecule has 2 N–H and O–H groups in total. The van der Waals surface area contributed by atoms with Crippen molar-refractivity contribution in [3.05, 3.63) is 36.2 Å². The highest BCUT2D eigenvalue weighted by molar-refractivity contribution is 5.77. The fourth-order valence-corrected chi connectivity index (χ4v) is 1.99. The van der Waals surface area contributed by atoms with E-state index in [4.69, 9.17) is 4.42 Å². The van der Waals surface area contributed by atoms with Gasteiger partial charge in [0, 0.05) is 11.6 Å². The number of likely N-dealkylation sites (N-methyl/N-ethyl adjacent to an activating group) is 1. The lowest BCUT2D eigenvalue weighted by Gasteiger charge is -2.13. The van der Waals surface area contributed by atoms with Crippen molar-refractivity contribution in [2.45, 2.75) is 26.4 Å². The first-order valence-corrected chi connectivity index (χ1v) is 7.03. The number of nitrogens with zero attached hydrogens (tertiary/aromatic N) is 2. The molecule has 0 spiro atoms. The van der Waals surface area contributed by atoms with Crippen LogP contribution < -0.4 is 10.2 Å². The number of carbonyl (C=O) groups is 1. The van der Waals surface area contributed by atoms with Crippen LogP contribution in [0.3, 0.4) is 0 Å². The molecule has 0 aliphatic rings. The second-order valence-corrected chi connectivity index (χ2v) is 5.40. The number of hydrogen-bond acceptors (Lipinski definition) is 4. The number of quaternary nitrogens is 1. The number of amides is 1. The van der Waals surface area contributed by atoms with Crippen LogP contribution in [0.5, 0.6) is 0 Å². The molecule has 1 aromatic carbocycles. The quantitative estimate of drug-likeness (QED) is 0.801. The summed E-state index contributed by atoms with van der Waals surface area (Å²) in [5.41, 5.74) is 0.895. The highest BCUT2D eigenvalue weighted by Gasteiger charge is 2.15. The molecule has 0 radical (unpaired) electrons. The van der Waals surface area contributed by atoms with E-state index in [2.05, 4.69) is 15.5 Å². The van der Waals surface area contributed by atoms with Gasteiger partial charge < -0.3 is 14.6 Å². The average molecular weight is 289 g/mol. The molecule has 6 heteroatoms. The highest BCUT2D eigenvalue weighted by Crippen LogP contribution is 2.16. The normalized spacial score (nSPS) is 12.4. The number of rotatable bonds is 6. The Balaban J connectivity index is 1.92. The van der Waals surface area contributed by atoms with Crippen molar-refractivity contribution < 1.29 is 14.1 Å². The third-order valence-electron chi connectivity index (χ3n) is 2.85. The van der Waals surface area contributed by atoms with Crippen molar-refractivity contribution in [1.29, 1.82) is 0 Å². The molecule has 1 aromatic heterocycles. The van der Waals surface area contributed by atoms with E-state index in [9.17, 15) is 4.79 Å². The van der Waals surface area contributed by atoms with E-state index in [-0.39, 0.29) is 11.9 Å². The summed E-state index contributed by atoms with van der Waals surface area (Å²) in [6.45, 7) is 4.78. The standard InChI is InChI=1S/C15H20N4O2/c1-11(2)16-13(20)9-19(3)10-14-17-18-15(21-14)12-7-5-4-6-8-12/h4-8,11H,9-10H2,1-3H3,(H,16,20)/p+1. The summed E-state index contributed by atoms with van der Waals surface area (Å²) in [7, 11) is 1.92. The van der Waals surface area contributed by atoms with E-state index in [1.807, 2.05) is 51.2 Å². The molecule has 1 atom stereocenters. The second-order valence-electron chi connectivity index (χ2n) is 5.40. The average Bonchev–Trinajstić information content (AvgIpc) is 2.86. The van der Waals surface area contributed by atoms with E-state index in [1.165, 1.54) is 0 Å². The lowest BCUT2D eigenvalue weighted by molar-refractivity contribution is -0.886. The Hall–Kier alpha value is -2.21. The molecule has 1 unspecified atom stereocenters. The van der Waals surface area contributed by atoms with Gasteiger partial charge in [0.1, 0.15) is 0 Å². The fourth-order valence-electron chi connectivity index (χ4n) is 1.99. The Labute approximate surface area is 124 Å². The molecule has 0 saturated heterocycles. The zero-order valence-corrected chi connectivity index (χ0v) is 12.6. The van der Waals surface area contributed by atoms with E-state index in [0.29, 0.717) is 24.9 Å². The van der Waals surface area contributed by atoms with E-state index >= 15 is 0 Å². The molecular formula is C15H21N4O2+. The van der Waals surface area contributed by atoms with E-state index in [1.54, 1.807) is 0 Å². The zero-order valence-electron chi connectivity index (χ0n) is 12.6. The van der Waals surface area contributed by atoms with Crippen LogP contribution >= 0.6 is 0 Å². The molecule has 1 amide bonds. The summed E-state index contributed by atoms with van der Waals surface area (Å²) in [5, 5.41) is 10.9. The lowest BCUT2D eigenvalue weighted by atomic mass is 10.2. The molecule has 2 aromatic rings. The van der Waals surface area contributed by atoms with Crippen LogP contribution in [0.2, 0.25) is 0 Å². The Morgan fingerprint density at radius 2 is 2.00 bits per heavy atom. The van der Waals surface area contributed by atoms with Crippen LogP contribution in [0.1, 0.15) is 19.7 Å². The number of nitrogens with one attached hydrogen (secondary N) is 2. The van der Waals surface area contributed by atoms with Gasteiger partial charge in [-0.15, -0.1) is 10.2 Å². The summed E-state index contributed by atoms with van der Waals surface area (Å²) in [6.07, 6.45) is 0. The largest absolute Gasteiger partial charge is 0.415 e. The summed E-state index contributed by atoms with van der Waals surface area (Å²) in [6, 6.07) is 9.78. The van der Waals surface area contributed by atoms with Crippen molar-refractivity contribution in [3.8, 4) is 11.5 Å². The molecule has 0 aliphatic heterocycles. The van der Waals surface area contributed by atoms with Crippen LogP contribution in [-0.4, -0.2) is 35.7 Å². The van der Waals surface area contributed by atoms with Gasteiger partial charge in [0.05, 0.1) is 7.05 Å². The summed E-state index contributed by atoms with van der Waals surface area (Å²) in [4.78, 5) is 12.7. The van der Waals surface area contributed by atoms with Crippen molar-refractivity contribution in [2.24, 2.45) is 0 Å². The smallest absolute Gasteiger partial charge is 0.275 e. The van der Waals surface area contributed by atoms with Crippen molar-refractivity contribution in [1.82, 2.24) is 15.5 Å². The first-order valence-electron chi connectivity index (χ1n) is 7.03. The van der Waals surface area contributed by atoms with Gasteiger partial charge >= 0.3 is 0 Å². The van der Waals surface area contributed by atoms with Gasteiger partial charge in [-0.2, -0.15) is 0 Å². The van der Waals surface area contributed by atoms with E-state index in [0.717, 1.165) is 10.5 Å². The monoisotopic (exact) mass is 289 g/mol. The minimum Gasteiger partial charge on any atom is -0.415 e. The Kier molecular flexibility index (Phi) is 5.05. The van der Waals surface area contributed by atoms with Gasteiger partial charge in [0.15, 0.2) is 13.1 Å². The molecule has 0 bridgehead atoms. The molecule has 6 nitrogen and oxygen atoms in total. The van der Waals surface area contributed by atoms with Gasteiger partial charge in [0.25, 0.3) is 11.8 Å². The van der Waals surface area contributed by atoms with Gasteiger partial charge in [0.2, 0.25) is 5.89 Å². The Morgan fingerprint density at radius 3 is 2.67 bits per heavy atom. The van der Waals surface area contributed by atoms with Gasteiger partial charge in [-0.25, -0.2) is 0 Å². The van der Waals surface area contributed by atoms with Crippen LogP contribution in [0.15, 0.2) is 34.7 Å². The topological polar surface area (TPSA) is 72.5 Å². The number of aromatic nitrogens is 2. The lowest BCUT2D eigenvalue weighted by Crippen LogP contribution is -3.09. The molecule has 0 fully saturated rings. The van der Waals surface area contributed by atoms with E-state index < -0.39 is 0 Å². The zero-order chi connectivity index (χ0) is 15.2. The summed E-state index contributed by atoms with van der Waals surface area (Å²) in [5.74, 6) is 1.05. The maximum Gasteiger partial charge on any atom is 0.275 e. The van der Waals surface area contributed by atoms with Crippen LogP contribution in [0.4, 0.5) is 0 Å². The first kappa shape index (κ1) is 15.2. The van der Waals surface area contributed by atoms with Crippen LogP contribution in [0, 0.1) is 0 Å². The molecule has 0 aliphatic carbocycles. The predicted molar refractivity (Wildman–Crippen MR) is 78.5 cm³/mol. The van der Waals surface area contributed by atoms with Crippen molar-refractivity contribution in [2.75, 3.05) is 13.6 Å². The predicted octanol–water partition coefficient (Wildman–Crippen LogP) is 0.276. The van der Waals surface area contributed by atoms with Crippen molar-refractivity contribution >= 4 is 5.91 Å². The molecule has 112 valence electrons. The first-order chi connectivity index (χ1) is 10.0. The molecular weight excluding hydrogens is 268 g/mol. The SMILES string of the molecule is CC(C)NC(=O)C[NH+](C)Cc1nnc(-c2ccccc2)o1. The molecule has 2 rings (SSSR count). The third-order valence-corrected chi connectivity index (χ3v) is 2.85. The molecule has 1 heterocycles.